The molecule has 0 aromatic heterocycles. The van der Waals surface area contributed by atoms with Gasteiger partial charge in [0.15, 0.2) is 0 Å². The highest BCUT2D eigenvalue weighted by molar-refractivity contribution is 7.87. The summed E-state index contributed by atoms with van der Waals surface area (Å²) in [5, 5.41) is 6.94. The topological polar surface area (TPSA) is 111 Å². The molecule has 0 saturated heterocycles. The van der Waals surface area contributed by atoms with Crippen molar-refractivity contribution in [3.05, 3.63) is 59.7 Å². The van der Waals surface area contributed by atoms with Crippen LogP contribution in [0.5, 0.6) is 0 Å². The summed E-state index contributed by atoms with van der Waals surface area (Å²) in [4.78, 5) is -1.20. The van der Waals surface area contributed by atoms with Crippen LogP contribution in [0.2, 0.25) is 0 Å². The lowest BCUT2D eigenvalue weighted by molar-refractivity contribution is -0.138. The number of halogens is 6. The zero-order valence-electron chi connectivity index (χ0n) is 17.9. The van der Waals surface area contributed by atoms with E-state index in [1.807, 2.05) is 0 Å². The summed E-state index contributed by atoms with van der Waals surface area (Å²) in [6.07, 6.45) is -8.09. The highest BCUT2D eigenvalue weighted by Gasteiger charge is 2.32. The lowest BCUT2D eigenvalue weighted by Crippen LogP contribution is -2.21. The molecule has 3 rings (SSSR count). The van der Waals surface area contributed by atoms with Crippen LogP contribution in [0, 0.1) is 0 Å². The molecule has 0 bridgehead atoms. The Kier molecular flexibility index (Phi) is 7.69. The Balaban J connectivity index is 1.77. The predicted octanol–water partition coefficient (Wildman–Crippen LogP) is 5.12. The van der Waals surface area contributed by atoms with E-state index < -0.39 is 53.5 Å². The lowest BCUT2D eigenvalue weighted by Gasteiger charge is -2.14. The molecule has 0 radical (unpaired) electrons. The predicted molar refractivity (Wildman–Crippen MR) is 113 cm³/mol. The van der Waals surface area contributed by atoms with Gasteiger partial charge in [0.2, 0.25) is 0 Å². The molecule has 0 spiro atoms. The van der Waals surface area contributed by atoms with Crippen LogP contribution in [0.3, 0.4) is 0 Å². The molecule has 1 aliphatic rings. The van der Waals surface area contributed by atoms with Gasteiger partial charge in [0.1, 0.15) is 21.2 Å². The van der Waals surface area contributed by atoms with Crippen molar-refractivity contribution in [3.8, 4) is 0 Å². The van der Waals surface area contributed by atoms with Gasteiger partial charge in [0, 0.05) is 0 Å². The van der Waals surface area contributed by atoms with E-state index in [9.17, 15) is 43.2 Å². The maximum atomic E-state index is 12.7. The average Bonchev–Trinajstić information content (AvgIpc) is 2.81. The molecule has 0 atom stereocenters. The van der Waals surface area contributed by atoms with E-state index in [4.69, 9.17) is 0 Å². The van der Waals surface area contributed by atoms with E-state index >= 15 is 0 Å². The van der Waals surface area contributed by atoms with E-state index in [0.29, 0.717) is 61.4 Å². The fourth-order valence-electron chi connectivity index (χ4n) is 2.97. The van der Waals surface area contributed by atoms with Crippen LogP contribution >= 0.6 is 0 Å². The molecule has 2 aromatic carbocycles. The maximum absolute atomic E-state index is 12.7. The zero-order valence-corrected chi connectivity index (χ0v) is 19.5. The van der Waals surface area contributed by atoms with Crippen LogP contribution in [-0.2, 0) is 41.2 Å². The van der Waals surface area contributed by atoms with Gasteiger partial charge in [0.25, 0.3) is 0 Å². The number of alkyl halides is 6. The Hall–Kier alpha value is -3.14. The minimum atomic E-state index is -4.67. The second-order valence-electron chi connectivity index (χ2n) is 7.38. The molecule has 1 aliphatic carbocycles. The van der Waals surface area contributed by atoms with Crippen LogP contribution in [0.25, 0.3) is 0 Å². The minimum absolute atomic E-state index is 0.0839. The summed E-state index contributed by atoms with van der Waals surface area (Å²) >= 11 is 0. The van der Waals surface area contributed by atoms with Crippen molar-refractivity contribution < 1.29 is 51.7 Å². The van der Waals surface area contributed by atoms with Crippen LogP contribution in [0.1, 0.15) is 36.8 Å². The normalized spacial score (nSPS) is 17.8. The number of nitrogens with zero attached hydrogens (tertiary/aromatic N) is 2. The summed E-state index contributed by atoms with van der Waals surface area (Å²) in [5.41, 5.74) is -2.31. The Morgan fingerprint density at radius 1 is 0.583 bits per heavy atom. The lowest BCUT2D eigenvalue weighted by atomic mass is 9.97. The number of hydrogen-bond acceptors (Lipinski definition) is 8. The van der Waals surface area contributed by atoms with Gasteiger partial charge in [-0.25, -0.2) is 0 Å². The smallest absolute Gasteiger partial charge is 0.264 e. The molecule has 0 heterocycles. The molecule has 16 heteroatoms. The third-order valence-corrected chi connectivity index (χ3v) is 7.08. The van der Waals surface area contributed by atoms with Crippen molar-refractivity contribution in [2.75, 3.05) is 0 Å². The zero-order chi connectivity index (χ0) is 26.8. The molecule has 8 nitrogen and oxygen atoms in total. The second-order valence-corrected chi connectivity index (χ2v) is 10.4. The summed E-state index contributed by atoms with van der Waals surface area (Å²) in [7, 11) is -9.22. The molecule has 2 aromatic rings. The fraction of sp³-hybridized carbons (Fsp3) is 0.300. The minimum Gasteiger partial charge on any atom is -0.264 e. The number of rotatable bonds is 6. The number of hydrogen-bond donors (Lipinski definition) is 0. The molecular weight excluding hydrogens is 542 g/mol. The number of oxime groups is 2. The summed E-state index contributed by atoms with van der Waals surface area (Å²) in [5.74, 6) is 0. The van der Waals surface area contributed by atoms with Gasteiger partial charge in [-0.1, -0.05) is 10.3 Å². The Morgan fingerprint density at radius 2 is 0.889 bits per heavy atom. The summed E-state index contributed by atoms with van der Waals surface area (Å²) < 4.78 is 134. The van der Waals surface area contributed by atoms with Crippen molar-refractivity contribution >= 4 is 31.7 Å². The standard InChI is InChI=1S/C20H16F6N2O6S2/c21-19(22,23)13-5-9-15(10-6-13)35(29,30)33-27-17-3-1-2-4-18(17)28-34-36(31,32)16-11-7-14(8-12-16)20(24,25)26/h5-12H,1-4H2. The highest BCUT2D eigenvalue weighted by Crippen LogP contribution is 2.31. The molecule has 0 aliphatic heterocycles. The van der Waals surface area contributed by atoms with Crippen molar-refractivity contribution in [1.82, 2.24) is 0 Å². The first kappa shape index (κ1) is 27.4. The first-order chi connectivity index (χ1) is 16.6. The van der Waals surface area contributed by atoms with Gasteiger partial charge in [-0.2, -0.15) is 43.2 Å². The van der Waals surface area contributed by atoms with Crippen LogP contribution in [0.15, 0.2) is 68.6 Å². The fourth-order valence-corrected chi connectivity index (χ4v) is 4.45. The van der Waals surface area contributed by atoms with Crippen LogP contribution in [0.4, 0.5) is 26.3 Å². The van der Waals surface area contributed by atoms with Gasteiger partial charge in [-0.15, -0.1) is 0 Å². The molecule has 196 valence electrons. The molecular formula is C20H16F6N2O6S2. The van der Waals surface area contributed by atoms with Gasteiger partial charge in [-0.3, -0.25) is 8.57 Å². The van der Waals surface area contributed by atoms with E-state index in [2.05, 4.69) is 18.9 Å². The van der Waals surface area contributed by atoms with Crippen molar-refractivity contribution in [1.29, 1.82) is 0 Å². The van der Waals surface area contributed by atoms with Gasteiger partial charge >= 0.3 is 32.6 Å². The van der Waals surface area contributed by atoms with Crippen LogP contribution in [-0.4, -0.2) is 28.3 Å². The summed E-state index contributed by atoms with van der Waals surface area (Å²) in [6.45, 7) is 0. The first-order valence-corrected chi connectivity index (χ1v) is 12.8. The van der Waals surface area contributed by atoms with E-state index in [0.717, 1.165) is 0 Å². The largest absolute Gasteiger partial charge is 0.416 e. The second kappa shape index (κ2) is 10.1. The van der Waals surface area contributed by atoms with Crippen molar-refractivity contribution in [2.45, 2.75) is 47.8 Å². The third kappa shape index (κ3) is 6.75. The van der Waals surface area contributed by atoms with Gasteiger partial charge in [-0.05, 0) is 74.2 Å². The van der Waals surface area contributed by atoms with E-state index in [-0.39, 0.29) is 24.3 Å². The highest BCUT2D eigenvalue weighted by atomic mass is 32.2. The van der Waals surface area contributed by atoms with E-state index in [1.165, 1.54) is 0 Å². The monoisotopic (exact) mass is 558 g/mol. The average molecular weight is 558 g/mol. The summed E-state index contributed by atoms with van der Waals surface area (Å²) in [6, 6.07) is 4.96. The SMILES string of the molecule is O=S(=O)(ON=C1CCCCC1=NOS(=O)(=O)c1ccc(C(F)(F)F)cc1)c1ccc(C(F)(F)F)cc1. The first-order valence-electron chi connectivity index (χ1n) is 9.95. The molecule has 0 amide bonds. The Bertz CT molecular complexity index is 1260. The van der Waals surface area contributed by atoms with Gasteiger partial charge < -0.3 is 0 Å². The van der Waals surface area contributed by atoms with Crippen molar-refractivity contribution in [2.24, 2.45) is 10.3 Å². The molecule has 1 saturated carbocycles. The maximum Gasteiger partial charge on any atom is 0.416 e. The molecule has 0 unspecified atom stereocenters. The van der Waals surface area contributed by atoms with Crippen LogP contribution < -0.4 is 0 Å². The van der Waals surface area contributed by atoms with Gasteiger partial charge in [0.05, 0.1) is 11.1 Å². The Labute approximate surface area is 201 Å². The Morgan fingerprint density at radius 3 is 1.17 bits per heavy atom. The quantitative estimate of drug-likeness (QED) is 0.360. The molecule has 1 fully saturated rings. The third-order valence-electron chi connectivity index (χ3n) is 4.84. The van der Waals surface area contributed by atoms with E-state index in [1.54, 1.807) is 0 Å². The number of benzene rings is 2. The molecule has 0 N–H and O–H groups in total. The van der Waals surface area contributed by atoms with Crippen molar-refractivity contribution in [3.63, 3.8) is 0 Å². The molecule has 36 heavy (non-hydrogen) atoms.